The fourth-order valence-electron chi connectivity index (χ4n) is 3.06. The smallest absolute Gasteiger partial charge is 0.326 e. The summed E-state index contributed by atoms with van der Waals surface area (Å²) in [6, 6.07) is 8.91. The molecule has 1 aliphatic rings. The molecule has 0 unspecified atom stereocenters. The number of carbonyl (C=O) groups is 3. The number of carboxylic acids is 1. The first-order valence-corrected chi connectivity index (χ1v) is 8.48. The summed E-state index contributed by atoms with van der Waals surface area (Å²) in [6.07, 6.45) is 5.39. The van der Waals surface area contributed by atoms with E-state index in [0.29, 0.717) is 19.3 Å². The number of hydrogen-bond acceptors (Lipinski definition) is 3. The van der Waals surface area contributed by atoms with Crippen LogP contribution in [0.2, 0.25) is 0 Å². The fourth-order valence-corrected chi connectivity index (χ4v) is 3.06. The van der Waals surface area contributed by atoms with Crippen molar-refractivity contribution in [1.82, 2.24) is 10.2 Å². The third-order valence-electron chi connectivity index (χ3n) is 4.44. The number of carboxylic acid groups (broad SMARTS) is 1. The molecule has 0 radical (unpaired) electrons. The third-order valence-corrected chi connectivity index (χ3v) is 4.44. The number of carbonyl (C=O) groups excluding carboxylic acids is 2. The predicted octanol–water partition coefficient (Wildman–Crippen LogP) is 1.92. The average molecular weight is 344 g/mol. The van der Waals surface area contributed by atoms with Gasteiger partial charge in [-0.25, -0.2) is 4.79 Å². The first kappa shape index (κ1) is 18.7. The van der Waals surface area contributed by atoms with Gasteiger partial charge in [0.25, 0.3) is 0 Å². The lowest BCUT2D eigenvalue weighted by Gasteiger charge is -2.36. The van der Waals surface area contributed by atoms with Gasteiger partial charge in [-0.05, 0) is 24.8 Å². The van der Waals surface area contributed by atoms with Gasteiger partial charge in [0.1, 0.15) is 6.04 Å². The molecule has 25 heavy (non-hydrogen) atoms. The van der Waals surface area contributed by atoms with E-state index >= 15 is 0 Å². The Morgan fingerprint density at radius 2 is 1.96 bits per heavy atom. The molecule has 2 N–H and O–H groups in total. The number of aliphatic carboxylic acids is 1. The zero-order valence-electron chi connectivity index (χ0n) is 14.4. The lowest BCUT2D eigenvalue weighted by atomic mass is 9.91. The van der Waals surface area contributed by atoms with Crippen molar-refractivity contribution in [1.29, 1.82) is 0 Å². The van der Waals surface area contributed by atoms with E-state index in [9.17, 15) is 19.5 Å². The molecule has 2 amide bonds. The summed E-state index contributed by atoms with van der Waals surface area (Å²) in [7, 11) is 1.55. The number of piperidine rings is 1. The number of nitrogens with zero attached hydrogens (tertiary/aromatic N) is 1. The van der Waals surface area contributed by atoms with E-state index in [-0.39, 0.29) is 30.7 Å². The van der Waals surface area contributed by atoms with Crippen molar-refractivity contribution in [3.8, 4) is 0 Å². The Hall–Kier alpha value is -2.63. The van der Waals surface area contributed by atoms with Crippen LogP contribution in [0.3, 0.4) is 0 Å². The molecule has 1 fully saturated rings. The van der Waals surface area contributed by atoms with Gasteiger partial charge in [-0.1, -0.05) is 42.5 Å². The maximum absolute atomic E-state index is 12.5. The van der Waals surface area contributed by atoms with E-state index in [2.05, 4.69) is 5.32 Å². The van der Waals surface area contributed by atoms with Gasteiger partial charge >= 0.3 is 5.97 Å². The van der Waals surface area contributed by atoms with E-state index in [1.165, 1.54) is 4.90 Å². The van der Waals surface area contributed by atoms with Crippen LogP contribution in [0.1, 0.15) is 31.2 Å². The fraction of sp³-hybridized carbons (Fsp3) is 0.421. The monoisotopic (exact) mass is 344 g/mol. The van der Waals surface area contributed by atoms with Crippen molar-refractivity contribution >= 4 is 23.9 Å². The zero-order chi connectivity index (χ0) is 18.2. The molecule has 0 saturated carbocycles. The van der Waals surface area contributed by atoms with Gasteiger partial charge in [0.2, 0.25) is 11.8 Å². The van der Waals surface area contributed by atoms with Crippen LogP contribution in [0.5, 0.6) is 0 Å². The van der Waals surface area contributed by atoms with Crippen LogP contribution in [-0.4, -0.2) is 47.4 Å². The lowest BCUT2D eigenvalue weighted by Crippen LogP contribution is -2.53. The van der Waals surface area contributed by atoms with Crippen molar-refractivity contribution in [2.24, 2.45) is 5.92 Å². The molecule has 134 valence electrons. The summed E-state index contributed by atoms with van der Waals surface area (Å²) in [5, 5.41) is 11.9. The summed E-state index contributed by atoms with van der Waals surface area (Å²) >= 11 is 0. The highest BCUT2D eigenvalue weighted by Gasteiger charge is 2.37. The van der Waals surface area contributed by atoms with Crippen molar-refractivity contribution < 1.29 is 19.5 Å². The minimum Gasteiger partial charge on any atom is -0.480 e. The van der Waals surface area contributed by atoms with Crippen LogP contribution in [0.25, 0.3) is 6.08 Å². The van der Waals surface area contributed by atoms with E-state index in [1.807, 2.05) is 42.5 Å². The van der Waals surface area contributed by atoms with Crippen LogP contribution >= 0.6 is 0 Å². The highest BCUT2D eigenvalue weighted by atomic mass is 16.4. The first-order chi connectivity index (χ1) is 12.0. The summed E-state index contributed by atoms with van der Waals surface area (Å²) < 4.78 is 0. The van der Waals surface area contributed by atoms with Crippen LogP contribution in [0.4, 0.5) is 0 Å². The molecule has 0 spiro atoms. The molecule has 6 nitrogen and oxygen atoms in total. The molecular formula is C19H24N2O4. The SMILES string of the molecule is CNC(=O)[C@H]1CC[C@@H](C(=O)O)N(C(=O)CC/C=C/c2ccccc2)C1. The highest BCUT2D eigenvalue weighted by Crippen LogP contribution is 2.23. The van der Waals surface area contributed by atoms with Gasteiger partial charge in [0, 0.05) is 20.0 Å². The maximum atomic E-state index is 12.5. The molecule has 1 saturated heterocycles. The second-order valence-corrected chi connectivity index (χ2v) is 6.14. The summed E-state index contributed by atoms with van der Waals surface area (Å²) in [5.74, 6) is -1.72. The van der Waals surface area contributed by atoms with Crippen LogP contribution in [-0.2, 0) is 14.4 Å². The minimum absolute atomic E-state index is 0.148. The predicted molar refractivity (Wildman–Crippen MR) is 94.6 cm³/mol. The average Bonchev–Trinajstić information content (AvgIpc) is 2.64. The van der Waals surface area contributed by atoms with Crippen molar-refractivity contribution in [2.75, 3.05) is 13.6 Å². The quantitative estimate of drug-likeness (QED) is 0.825. The largest absolute Gasteiger partial charge is 0.480 e. The number of amides is 2. The number of likely N-dealkylation sites (tertiary alicyclic amines) is 1. The first-order valence-electron chi connectivity index (χ1n) is 8.48. The number of benzene rings is 1. The van der Waals surface area contributed by atoms with E-state index in [4.69, 9.17) is 0 Å². The summed E-state index contributed by atoms with van der Waals surface area (Å²) in [6.45, 7) is 0.165. The Balaban J connectivity index is 1.94. The van der Waals surface area contributed by atoms with E-state index < -0.39 is 12.0 Å². The van der Waals surface area contributed by atoms with Gasteiger partial charge in [-0.2, -0.15) is 0 Å². The van der Waals surface area contributed by atoms with Crippen molar-refractivity contribution in [2.45, 2.75) is 31.7 Å². The molecule has 1 heterocycles. The normalized spacial score (nSPS) is 20.4. The molecule has 2 rings (SSSR count). The van der Waals surface area contributed by atoms with Gasteiger partial charge in [-0.15, -0.1) is 0 Å². The van der Waals surface area contributed by atoms with Gasteiger partial charge < -0.3 is 15.3 Å². The minimum atomic E-state index is -1.01. The Morgan fingerprint density at radius 3 is 2.60 bits per heavy atom. The van der Waals surface area contributed by atoms with Crippen molar-refractivity contribution in [3.05, 3.63) is 42.0 Å². The zero-order valence-corrected chi connectivity index (χ0v) is 14.4. The molecule has 1 aliphatic heterocycles. The molecule has 0 aromatic heterocycles. The number of nitrogens with one attached hydrogen (secondary N) is 1. The molecule has 0 aliphatic carbocycles. The van der Waals surface area contributed by atoms with Gasteiger partial charge in [0.15, 0.2) is 0 Å². The lowest BCUT2D eigenvalue weighted by molar-refractivity contribution is -0.154. The second kappa shape index (κ2) is 9.01. The molecule has 6 heteroatoms. The highest BCUT2D eigenvalue weighted by molar-refractivity contribution is 5.86. The van der Waals surface area contributed by atoms with Crippen molar-refractivity contribution in [3.63, 3.8) is 0 Å². The molecular weight excluding hydrogens is 320 g/mol. The van der Waals surface area contributed by atoms with Gasteiger partial charge in [-0.3, -0.25) is 9.59 Å². The number of allylic oxidation sites excluding steroid dienone is 1. The van der Waals surface area contributed by atoms with E-state index in [1.54, 1.807) is 7.05 Å². The van der Waals surface area contributed by atoms with Crippen LogP contribution in [0, 0.1) is 5.92 Å². The Kier molecular flexibility index (Phi) is 6.74. The number of hydrogen-bond donors (Lipinski definition) is 2. The Morgan fingerprint density at radius 1 is 1.24 bits per heavy atom. The molecule has 1 aromatic carbocycles. The van der Waals surface area contributed by atoms with Crippen LogP contribution in [0.15, 0.2) is 36.4 Å². The molecule has 2 atom stereocenters. The molecule has 1 aromatic rings. The van der Waals surface area contributed by atoms with Gasteiger partial charge in [0.05, 0.1) is 5.92 Å². The number of rotatable bonds is 6. The standard InChI is InChI=1S/C19H24N2O4/c1-20-18(23)15-11-12-16(19(24)25)21(13-15)17(22)10-6-5-9-14-7-3-2-4-8-14/h2-5,7-9,15-16H,6,10-13H2,1H3,(H,20,23)(H,24,25)/b9-5+/t15-,16-/m0/s1. The van der Waals surface area contributed by atoms with Crippen LogP contribution < -0.4 is 5.32 Å². The third kappa shape index (κ3) is 5.17. The maximum Gasteiger partial charge on any atom is 0.326 e. The topological polar surface area (TPSA) is 86.7 Å². The summed E-state index contributed by atoms with van der Waals surface area (Å²) in [4.78, 5) is 37.1. The molecule has 0 bridgehead atoms. The van der Waals surface area contributed by atoms with E-state index in [0.717, 1.165) is 5.56 Å². The second-order valence-electron chi connectivity index (χ2n) is 6.14. The Labute approximate surface area is 147 Å². The Bertz CT molecular complexity index is 642. The summed E-state index contributed by atoms with van der Waals surface area (Å²) in [5.41, 5.74) is 1.05.